The third kappa shape index (κ3) is 5.93. The van der Waals surface area contributed by atoms with Gasteiger partial charge in [-0.15, -0.1) is 0 Å². The Labute approximate surface area is 243 Å². The minimum absolute atomic E-state index is 0.107. The van der Waals surface area contributed by atoms with E-state index in [0.29, 0.717) is 40.7 Å². The van der Waals surface area contributed by atoms with Crippen molar-refractivity contribution in [3.8, 4) is 11.5 Å². The van der Waals surface area contributed by atoms with Gasteiger partial charge in [-0.3, -0.25) is 14.5 Å². The SMILES string of the molecule is CCCC1=C([C@H](O)CC/C(C)=C/c2cc(I)c(O)c(OC)c2)[C@H](CO)[C@@H]2C(=O)N(c3ccccc3)C(=O)[C@@H]2C1. The van der Waals surface area contributed by atoms with Gasteiger partial charge in [0.2, 0.25) is 11.8 Å². The molecule has 8 heteroatoms. The molecule has 4 atom stereocenters. The highest BCUT2D eigenvalue weighted by atomic mass is 127. The number of carbonyl (C=O) groups is 2. The van der Waals surface area contributed by atoms with E-state index >= 15 is 0 Å². The lowest BCUT2D eigenvalue weighted by molar-refractivity contribution is -0.123. The quantitative estimate of drug-likeness (QED) is 0.180. The summed E-state index contributed by atoms with van der Waals surface area (Å²) in [5.74, 6) is -1.83. The molecule has 0 aromatic heterocycles. The minimum atomic E-state index is -0.837. The molecule has 2 amide bonds. The Morgan fingerprint density at radius 1 is 1.21 bits per heavy atom. The topological polar surface area (TPSA) is 107 Å². The van der Waals surface area contributed by atoms with E-state index in [1.807, 2.05) is 25.1 Å². The number of hydrogen-bond donors (Lipinski definition) is 3. The number of fused-ring (bicyclic) bond motifs is 1. The largest absolute Gasteiger partial charge is 0.504 e. The van der Waals surface area contributed by atoms with Crippen molar-refractivity contribution >= 4 is 46.2 Å². The van der Waals surface area contributed by atoms with Crippen LogP contribution < -0.4 is 9.64 Å². The Morgan fingerprint density at radius 2 is 1.92 bits per heavy atom. The van der Waals surface area contributed by atoms with Crippen LogP contribution in [0.1, 0.15) is 51.5 Å². The molecule has 0 bridgehead atoms. The number of imide groups is 1. The number of phenolic OH excluding ortho intramolecular Hbond substituents is 1. The number of methoxy groups -OCH3 is 1. The van der Waals surface area contributed by atoms with Gasteiger partial charge in [0.15, 0.2) is 11.5 Å². The summed E-state index contributed by atoms with van der Waals surface area (Å²) in [5.41, 5.74) is 4.17. The molecule has 3 N–H and O–H groups in total. The van der Waals surface area contributed by atoms with Crippen LogP contribution >= 0.6 is 22.6 Å². The third-order valence-electron chi connectivity index (χ3n) is 7.80. The molecule has 1 heterocycles. The molecule has 7 nitrogen and oxygen atoms in total. The van der Waals surface area contributed by atoms with Crippen molar-refractivity contribution in [1.82, 2.24) is 0 Å². The lowest BCUT2D eigenvalue weighted by Crippen LogP contribution is -2.39. The predicted molar refractivity (Wildman–Crippen MR) is 159 cm³/mol. The molecule has 1 aliphatic heterocycles. The van der Waals surface area contributed by atoms with Crippen LogP contribution in [0.2, 0.25) is 0 Å². The fourth-order valence-electron chi connectivity index (χ4n) is 6.04. The molecule has 1 saturated heterocycles. The molecule has 0 unspecified atom stereocenters. The molecule has 1 aliphatic carbocycles. The number of halogens is 1. The number of aliphatic hydroxyl groups excluding tert-OH is 2. The standard InChI is InChI=1S/C31H36INO6/c1-4-8-20-16-22-28(31(38)33(30(22)37)21-9-6-5-7-10-21)23(17-34)27(20)25(35)12-11-18(2)13-19-14-24(32)29(36)26(15-19)39-3/h5-7,9-10,13-15,22-23,25,28,34-36H,4,8,11-12,16-17H2,1-3H3/b18-13+/t22-,23+,25-,28-/m1/s1. The van der Waals surface area contributed by atoms with Crippen LogP contribution in [0.3, 0.4) is 0 Å². The number of rotatable bonds is 10. The lowest BCUT2D eigenvalue weighted by Gasteiger charge is -2.36. The molecular weight excluding hydrogens is 609 g/mol. The van der Waals surface area contributed by atoms with Gasteiger partial charge in [-0.25, -0.2) is 0 Å². The van der Waals surface area contributed by atoms with E-state index in [0.717, 1.165) is 28.7 Å². The van der Waals surface area contributed by atoms with Gasteiger partial charge in [0.1, 0.15) is 0 Å². The number of aliphatic hydroxyl groups is 2. The number of aromatic hydroxyl groups is 1. The molecule has 4 rings (SSSR count). The Bertz CT molecular complexity index is 1290. The van der Waals surface area contributed by atoms with Crippen LogP contribution in [-0.4, -0.2) is 47.0 Å². The first kappa shape index (κ1) is 29.3. The first-order valence-electron chi connectivity index (χ1n) is 13.4. The van der Waals surface area contributed by atoms with Crippen LogP contribution in [0, 0.1) is 21.3 Å². The molecular formula is C31H36INO6. The van der Waals surface area contributed by atoms with E-state index in [9.17, 15) is 24.9 Å². The monoisotopic (exact) mass is 645 g/mol. The van der Waals surface area contributed by atoms with E-state index in [2.05, 4.69) is 29.5 Å². The van der Waals surface area contributed by atoms with E-state index in [-0.39, 0.29) is 24.2 Å². The van der Waals surface area contributed by atoms with Gasteiger partial charge < -0.3 is 20.1 Å². The van der Waals surface area contributed by atoms with Crippen LogP contribution in [0.25, 0.3) is 6.08 Å². The number of allylic oxidation sites excluding steroid dienone is 2. The van der Waals surface area contributed by atoms with Crippen LogP contribution in [-0.2, 0) is 9.59 Å². The number of nitrogens with zero attached hydrogens (tertiary/aromatic N) is 1. The molecule has 2 aromatic carbocycles. The zero-order valence-electron chi connectivity index (χ0n) is 22.6. The van der Waals surface area contributed by atoms with Crippen LogP contribution in [0.5, 0.6) is 11.5 Å². The summed E-state index contributed by atoms with van der Waals surface area (Å²) < 4.78 is 5.95. The van der Waals surface area contributed by atoms with Crippen molar-refractivity contribution in [2.24, 2.45) is 17.8 Å². The van der Waals surface area contributed by atoms with Crippen molar-refractivity contribution in [2.45, 2.75) is 52.1 Å². The van der Waals surface area contributed by atoms with E-state index in [1.165, 1.54) is 12.0 Å². The predicted octanol–water partition coefficient (Wildman–Crippen LogP) is 5.46. The molecule has 39 heavy (non-hydrogen) atoms. The van der Waals surface area contributed by atoms with Crippen molar-refractivity contribution < 1.29 is 29.6 Å². The van der Waals surface area contributed by atoms with Gasteiger partial charge in [-0.1, -0.05) is 48.8 Å². The van der Waals surface area contributed by atoms with Crippen molar-refractivity contribution in [2.75, 3.05) is 18.6 Å². The Hall–Kier alpha value is -2.69. The third-order valence-corrected chi connectivity index (χ3v) is 8.62. The lowest BCUT2D eigenvalue weighted by atomic mass is 9.67. The van der Waals surface area contributed by atoms with Crippen molar-refractivity contribution in [3.05, 3.63) is 68.3 Å². The number of ether oxygens (including phenoxy) is 1. The molecule has 208 valence electrons. The summed E-state index contributed by atoms with van der Waals surface area (Å²) in [6.07, 6.45) is 4.15. The van der Waals surface area contributed by atoms with Gasteiger partial charge in [-0.2, -0.15) is 0 Å². The number of carbonyl (C=O) groups excluding carboxylic acids is 2. The number of anilines is 1. The summed E-state index contributed by atoms with van der Waals surface area (Å²) in [4.78, 5) is 28.3. The summed E-state index contributed by atoms with van der Waals surface area (Å²) in [5, 5.41) is 32.1. The normalized spacial score (nSPS) is 22.4. The number of amides is 2. The van der Waals surface area contributed by atoms with Gasteiger partial charge in [0.25, 0.3) is 0 Å². The van der Waals surface area contributed by atoms with Crippen molar-refractivity contribution in [1.29, 1.82) is 0 Å². The maximum Gasteiger partial charge on any atom is 0.238 e. The zero-order chi connectivity index (χ0) is 28.3. The molecule has 0 spiro atoms. The fourth-order valence-corrected chi connectivity index (χ4v) is 6.66. The Morgan fingerprint density at radius 3 is 2.56 bits per heavy atom. The maximum absolute atomic E-state index is 13.6. The van der Waals surface area contributed by atoms with E-state index < -0.39 is 23.9 Å². The second-order valence-electron chi connectivity index (χ2n) is 10.4. The summed E-state index contributed by atoms with van der Waals surface area (Å²) in [6, 6.07) is 12.6. The van der Waals surface area contributed by atoms with Gasteiger partial charge in [0, 0.05) is 5.92 Å². The zero-order valence-corrected chi connectivity index (χ0v) is 24.7. The number of benzene rings is 2. The van der Waals surface area contributed by atoms with E-state index in [1.54, 1.807) is 30.3 Å². The Balaban J connectivity index is 1.57. The minimum Gasteiger partial charge on any atom is -0.504 e. The second kappa shape index (κ2) is 12.7. The van der Waals surface area contributed by atoms with Gasteiger partial charge in [0.05, 0.1) is 40.9 Å². The number of hydrogen-bond acceptors (Lipinski definition) is 6. The summed E-state index contributed by atoms with van der Waals surface area (Å²) in [7, 11) is 1.51. The second-order valence-corrected chi connectivity index (χ2v) is 11.5. The smallest absolute Gasteiger partial charge is 0.238 e. The average molecular weight is 646 g/mol. The number of phenols is 1. The van der Waals surface area contributed by atoms with Gasteiger partial charge >= 0.3 is 0 Å². The fraction of sp³-hybridized carbons (Fsp3) is 0.419. The highest BCUT2D eigenvalue weighted by Crippen LogP contribution is 2.48. The first-order chi connectivity index (χ1) is 18.7. The van der Waals surface area contributed by atoms with Crippen LogP contribution in [0.4, 0.5) is 5.69 Å². The molecule has 0 radical (unpaired) electrons. The van der Waals surface area contributed by atoms with Gasteiger partial charge in [-0.05, 0) is 90.6 Å². The maximum atomic E-state index is 13.6. The van der Waals surface area contributed by atoms with E-state index in [4.69, 9.17) is 4.74 Å². The molecule has 2 aromatic rings. The average Bonchev–Trinajstić information content (AvgIpc) is 3.18. The van der Waals surface area contributed by atoms with Crippen LogP contribution in [0.15, 0.2) is 59.2 Å². The first-order valence-corrected chi connectivity index (χ1v) is 14.5. The summed E-state index contributed by atoms with van der Waals surface area (Å²) in [6.45, 7) is 3.73. The molecule has 1 fully saturated rings. The highest BCUT2D eigenvalue weighted by Gasteiger charge is 2.55. The molecule has 2 aliphatic rings. The number of para-hydroxylation sites is 1. The van der Waals surface area contributed by atoms with Crippen molar-refractivity contribution in [3.63, 3.8) is 0 Å². The summed E-state index contributed by atoms with van der Waals surface area (Å²) >= 11 is 2.06. The highest BCUT2D eigenvalue weighted by molar-refractivity contribution is 14.1. The molecule has 0 saturated carbocycles. The Kier molecular flexibility index (Phi) is 9.51.